The van der Waals surface area contributed by atoms with Crippen LogP contribution in [0.25, 0.3) is 0 Å². The van der Waals surface area contributed by atoms with Crippen LogP contribution in [0.2, 0.25) is 0 Å². The van der Waals surface area contributed by atoms with Gasteiger partial charge in [0, 0.05) is 22.5 Å². The smallest absolute Gasteiger partial charge is 0.275 e. The number of rotatable bonds is 3. The quantitative estimate of drug-likeness (QED) is 0.408. The first kappa shape index (κ1) is 19.8. The molecule has 34 heavy (non-hydrogen) atoms. The Labute approximate surface area is 196 Å². The van der Waals surface area contributed by atoms with Gasteiger partial charge < -0.3 is 0 Å². The topological polar surface area (TPSA) is 65.3 Å². The van der Waals surface area contributed by atoms with Crippen LogP contribution in [-0.2, 0) is 9.59 Å². The van der Waals surface area contributed by atoms with E-state index in [0.717, 1.165) is 22.7 Å². The van der Waals surface area contributed by atoms with Crippen molar-refractivity contribution < 1.29 is 9.59 Å². The number of hydrogen-bond donors (Lipinski definition) is 0. The van der Waals surface area contributed by atoms with Gasteiger partial charge in [0.1, 0.15) is 0 Å². The lowest BCUT2D eigenvalue weighted by Gasteiger charge is -2.16. The molecule has 0 fully saturated rings. The molecule has 0 aromatic heterocycles. The van der Waals surface area contributed by atoms with Gasteiger partial charge in [-0.15, -0.1) is 10.2 Å². The van der Waals surface area contributed by atoms with E-state index in [0.29, 0.717) is 11.1 Å². The Morgan fingerprint density at radius 3 is 1.21 bits per heavy atom. The SMILES string of the molecule is O=C1/C(=N\N=C2/C(=O)N(c3ccccc3)c3ccccc32)c2ccccc2N1c1ccccc1. The highest BCUT2D eigenvalue weighted by Crippen LogP contribution is 2.37. The zero-order valence-electron chi connectivity index (χ0n) is 18.0. The molecule has 0 aliphatic carbocycles. The monoisotopic (exact) mass is 442 g/mol. The Bertz CT molecular complexity index is 1380. The Hall–Kier alpha value is -4.84. The van der Waals surface area contributed by atoms with E-state index in [1.54, 1.807) is 9.80 Å². The van der Waals surface area contributed by atoms with Crippen LogP contribution in [0.5, 0.6) is 0 Å². The molecule has 6 heteroatoms. The Balaban J connectivity index is 1.46. The molecule has 6 nitrogen and oxygen atoms in total. The summed E-state index contributed by atoms with van der Waals surface area (Å²) in [6.07, 6.45) is 0. The van der Waals surface area contributed by atoms with Gasteiger partial charge in [0.15, 0.2) is 11.4 Å². The van der Waals surface area contributed by atoms with Crippen molar-refractivity contribution in [2.75, 3.05) is 9.80 Å². The molecule has 4 aromatic carbocycles. The van der Waals surface area contributed by atoms with E-state index in [1.165, 1.54) is 0 Å². The first-order valence-electron chi connectivity index (χ1n) is 10.9. The summed E-state index contributed by atoms with van der Waals surface area (Å²) in [6.45, 7) is 0. The highest BCUT2D eigenvalue weighted by atomic mass is 16.2. The molecular weight excluding hydrogens is 424 g/mol. The molecule has 0 N–H and O–H groups in total. The van der Waals surface area contributed by atoms with Gasteiger partial charge in [0.2, 0.25) is 0 Å². The minimum atomic E-state index is -0.282. The number of amides is 2. The number of fused-ring (bicyclic) bond motifs is 2. The van der Waals surface area contributed by atoms with Crippen LogP contribution in [0.1, 0.15) is 11.1 Å². The number of carbonyl (C=O) groups is 2. The Kier molecular flexibility index (Phi) is 4.63. The maximum Gasteiger partial charge on any atom is 0.284 e. The largest absolute Gasteiger partial charge is 0.284 e. The second kappa shape index (κ2) is 7.94. The molecule has 0 spiro atoms. The summed E-state index contributed by atoms with van der Waals surface area (Å²) in [5.74, 6) is -0.564. The lowest BCUT2D eigenvalue weighted by Crippen LogP contribution is -2.26. The zero-order chi connectivity index (χ0) is 23.1. The maximum absolute atomic E-state index is 13.4. The molecule has 0 saturated carbocycles. The summed E-state index contributed by atoms with van der Waals surface area (Å²) in [5.41, 5.74) is 4.73. The third-order valence-electron chi connectivity index (χ3n) is 5.89. The summed E-state index contributed by atoms with van der Waals surface area (Å²) in [7, 11) is 0. The summed E-state index contributed by atoms with van der Waals surface area (Å²) in [5, 5.41) is 8.69. The third kappa shape index (κ3) is 3.04. The highest BCUT2D eigenvalue weighted by molar-refractivity contribution is 6.57. The molecular formula is C28H18N4O2. The van der Waals surface area contributed by atoms with Gasteiger partial charge in [-0.25, -0.2) is 0 Å². The average molecular weight is 442 g/mol. The first-order chi connectivity index (χ1) is 16.7. The van der Waals surface area contributed by atoms with Gasteiger partial charge in [-0.1, -0.05) is 72.8 Å². The van der Waals surface area contributed by atoms with Crippen molar-refractivity contribution in [2.24, 2.45) is 10.2 Å². The number of para-hydroxylation sites is 4. The van der Waals surface area contributed by atoms with Crippen molar-refractivity contribution in [3.8, 4) is 0 Å². The van der Waals surface area contributed by atoms with Crippen LogP contribution < -0.4 is 9.80 Å². The van der Waals surface area contributed by atoms with Crippen molar-refractivity contribution in [1.29, 1.82) is 0 Å². The van der Waals surface area contributed by atoms with Gasteiger partial charge >= 0.3 is 0 Å². The number of nitrogens with zero attached hydrogens (tertiary/aromatic N) is 4. The van der Waals surface area contributed by atoms with Crippen LogP contribution in [0.15, 0.2) is 119 Å². The van der Waals surface area contributed by atoms with Crippen molar-refractivity contribution in [3.05, 3.63) is 120 Å². The lowest BCUT2D eigenvalue weighted by molar-refractivity contribution is -0.112. The molecule has 6 rings (SSSR count). The van der Waals surface area contributed by atoms with Crippen molar-refractivity contribution in [1.82, 2.24) is 0 Å². The van der Waals surface area contributed by atoms with Gasteiger partial charge in [-0.3, -0.25) is 19.4 Å². The molecule has 4 aromatic rings. The number of anilines is 4. The van der Waals surface area contributed by atoms with Crippen LogP contribution in [0, 0.1) is 0 Å². The van der Waals surface area contributed by atoms with Crippen molar-refractivity contribution in [3.63, 3.8) is 0 Å². The summed E-state index contributed by atoms with van der Waals surface area (Å²) < 4.78 is 0. The highest BCUT2D eigenvalue weighted by Gasteiger charge is 2.37. The second-order valence-electron chi connectivity index (χ2n) is 7.88. The molecule has 0 radical (unpaired) electrons. The van der Waals surface area contributed by atoms with E-state index in [2.05, 4.69) is 10.2 Å². The van der Waals surface area contributed by atoms with E-state index in [4.69, 9.17) is 0 Å². The van der Waals surface area contributed by atoms with Crippen LogP contribution in [0.4, 0.5) is 22.7 Å². The normalized spacial score (nSPS) is 16.9. The fraction of sp³-hybridized carbons (Fsp3) is 0. The van der Waals surface area contributed by atoms with E-state index < -0.39 is 0 Å². The van der Waals surface area contributed by atoms with Crippen molar-refractivity contribution >= 4 is 46.0 Å². The molecule has 162 valence electrons. The number of hydrogen-bond acceptors (Lipinski definition) is 4. The van der Waals surface area contributed by atoms with Crippen LogP contribution in [-0.4, -0.2) is 23.2 Å². The molecule has 2 heterocycles. The van der Waals surface area contributed by atoms with Crippen LogP contribution >= 0.6 is 0 Å². The van der Waals surface area contributed by atoms with Gasteiger partial charge in [-0.05, 0) is 36.4 Å². The average Bonchev–Trinajstić information content (AvgIpc) is 3.33. The van der Waals surface area contributed by atoms with E-state index in [9.17, 15) is 9.59 Å². The molecule has 2 aliphatic heterocycles. The molecule has 0 unspecified atom stereocenters. The van der Waals surface area contributed by atoms with Gasteiger partial charge in [-0.2, -0.15) is 0 Å². The molecule has 0 bridgehead atoms. The Morgan fingerprint density at radius 1 is 0.441 bits per heavy atom. The standard InChI is InChI=1S/C28H18N4O2/c33-27-25(21-15-7-9-17-23(21)31(27)19-11-3-1-4-12-19)29-30-26-22-16-8-10-18-24(22)32(28(26)34)20-13-5-2-6-14-20/h1-18H/b29-25-,30-26-. The molecule has 2 amide bonds. The number of benzene rings is 4. The summed E-state index contributed by atoms with van der Waals surface area (Å²) in [6, 6.07) is 33.7. The van der Waals surface area contributed by atoms with E-state index in [1.807, 2.05) is 109 Å². The molecule has 2 aliphatic rings. The Morgan fingerprint density at radius 2 is 0.794 bits per heavy atom. The first-order valence-corrected chi connectivity index (χ1v) is 10.9. The minimum absolute atomic E-state index is 0.204. The third-order valence-corrected chi connectivity index (χ3v) is 5.89. The van der Waals surface area contributed by atoms with Gasteiger partial charge in [0.25, 0.3) is 11.8 Å². The van der Waals surface area contributed by atoms with Gasteiger partial charge in [0.05, 0.1) is 11.4 Å². The second-order valence-corrected chi connectivity index (χ2v) is 7.88. The molecule has 0 atom stereocenters. The predicted molar refractivity (Wildman–Crippen MR) is 133 cm³/mol. The summed E-state index contributed by atoms with van der Waals surface area (Å²) >= 11 is 0. The fourth-order valence-corrected chi connectivity index (χ4v) is 4.36. The predicted octanol–water partition coefficient (Wildman–Crippen LogP) is 5.24. The van der Waals surface area contributed by atoms with E-state index >= 15 is 0 Å². The molecule has 0 saturated heterocycles. The van der Waals surface area contributed by atoms with E-state index in [-0.39, 0.29) is 23.2 Å². The van der Waals surface area contributed by atoms with Crippen LogP contribution in [0.3, 0.4) is 0 Å². The zero-order valence-corrected chi connectivity index (χ0v) is 18.0. The number of carbonyl (C=O) groups excluding carboxylic acids is 2. The maximum atomic E-state index is 13.4. The van der Waals surface area contributed by atoms with Crippen molar-refractivity contribution in [2.45, 2.75) is 0 Å². The lowest BCUT2D eigenvalue weighted by atomic mass is 10.1. The summed E-state index contributed by atoms with van der Waals surface area (Å²) in [4.78, 5) is 30.1. The fourth-order valence-electron chi connectivity index (χ4n) is 4.36. The minimum Gasteiger partial charge on any atom is -0.275 e.